The predicted octanol–water partition coefficient (Wildman–Crippen LogP) is 1.97. The van der Waals surface area contributed by atoms with E-state index >= 15 is 0 Å². The van der Waals surface area contributed by atoms with Crippen molar-refractivity contribution >= 4 is 11.8 Å². The van der Waals surface area contributed by atoms with Crippen molar-refractivity contribution in [1.82, 2.24) is 15.4 Å². The van der Waals surface area contributed by atoms with Gasteiger partial charge in [0.1, 0.15) is 0 Å². The van der Waals surface area contributed by atoms with E-state index in [9.17, 15) is 0 Å². The van der Waals surface area contributed by atoms with E-state index in [1.54, 1.807) is 0 Å². The van der Waals surface area contributed by atoms with E-state index in [1.807, 2.05) is 17.8 Å². The van der Waals surface area contributed by atoms with Crippen molar-refractivity contribution in [3.05, 3.63) is 17.5 Å². The summed E-state index contributed by atoms with van der Waals surface area (Å²) in [5, 5.41) is 7.28. The second-order valence-electron chi connectivity index (χ2n) is 4.28. The highest BCUT2D eigenvalue weighted by atomic mass is 32.2. The minimum atomic E-state index is 0.548. The molecule has 0 radical (unpaired) electrons. The van der Waals surface area contributed by atoms with Gasteiger partial charge < -0.3 is 9.84 Å². The molecule has 1 heterocycles. The molecular formula is C12H23N3OS. The van der Waals surface area contributed by atoms with Crippen LogP contribution in [0.5, 0.6) is 0 Å². The lowest BCUT2D eigenvalue weighted by Gasteiger charge is -2.22. The van der Waals surface area contributed by atoms with Crippen LogP contribution < -0.4 is 5.32 Å². The molecule has 4 nitrogen and oxygen atoms in total. The minimum absolute atomic E-state index is 0.548. The van der Waals surface area contributed by atoms with Gasteiger partial charge in [-0.05, 0) is 26.8 Å². The first-order chi connectivity index (χ1) is 8.17. The van der Waals surface area contributed by atoms with Crippen molar-refractivity contribution < 1.29 is 4.52 Å². The van der Waals surface area contributed by atoms with E-state index in [0.717, 1.165) is 36.8 Å². The molecule has 0 aliphatic heterocycles. The van der Waals surface area contributed by atoms with Gasteiger partial charge in [-0.2, -0.15) is 11.8 Å². The number of rotatable bonds is 8. The van der Waals surface area contributed by atoms with Crippen LogP contribution in [0.4, 0.5) is 0 Å². The SMILES string of the molecule is CCNCc1cc(CN(C)C(C)CSC)on1. The van der Waals surface area contributed by atoms with Gasteiger partial charge >= 0.3 is 0 Å². The molecule has 0 saturated heterocycles. The number of nitrogens with zero attached hydrogens (tertiary/aromatic N) is 2. The number of aromatic nitrogens is 1. The Balaban J connectivity index is 2.42. The summed E-state index contributed by atoms with van der Waals surface area (Å²) in [4.78, 5) is 2.29. The van der Waals surface area contributed by atoms with Crippen LogP contribution in [0.15, 0.2) is 10.6 Å². The molecule has 1 N–H and O–H groups in total. The van der Waals surface area contributed by atoms with Crippen molar-refractivity contribution in [3.63, 3.8) is 0 Å². The summed E-state index contributed by atoms with van der Waals surface area (Å²) in [6.07, 6.45) is 2.13. The third-order valence-corrected chi connectivity index (χ3v) is 3.55. The third kappa shape index (κ3) is 5.10. The molecule has 0 saturated carbocycles. The monoisotopic (exact) mass is 257 g/mol. The molecule has 0 aliphatic carbocycles. The van der Waals surface area contributed by atoms with Crippen LogP contribution in [-0.4, -0.2) is 41.7 Å². The second kappa shape index (κ2) is 7.74. The van der Waals surface area contributed by atoms with Crippen LogP contribution in [0.3, 0.4) is 0 Å². The number of nitrogens with one attached hydrogen (secondary N) is 1. The normalized spacial score (nSPS) is 13.2. The van der Waals surface area contributed by atoms with Crippen LogP contribution in [0.1, 0.15) is 25.3 Å². The predicted molar refractivity (Wildman–Crippen MR) is 73.2 cm³/mol. The number of thioether (sulfide) groups is 1. The van der Waals surface area contributed by atoms with Crippen LogP contribution in [0, 0.1) is 0 Å². The quantitative estimate of drug-likeness (QED) is 0.771. The molecule has 0 aliphatic rings. The molecule has 1 atom stereocenters. The molecule has 98 valence electrons. The summed E-state index contributed by atoms with van der Waals surface area (Å²) in [5.74, 6) is 2.07. The first-order valence-electron chi connectivity index (χ1n) is 6.01. The average Bonchev–Trinajstić information content (AvgIpc) is 2.74. The van der Waals surface area contributed by atoms with Gasteiger partial charge in [-0.3, -0.25) is 4.90 Å². The smallest absolute Gasteiger partial charge is 0.151 e. The van der Waals surface area contributed by atoms with Crippen molar-refractivity contribution in [3.8, 4) is 0 Å². The molecule has 17 heavy (non-hydrogen) atoms. The van der Waals surface area contributed by atoms with Crippen molar-refractivity contribution in [2.45, 2.75) is 33.0 Å². The summed E-state index contributed by atoms with van der Waals surface area (Å²) >= 11 is 1.87. The third-order valence-electron chi connectivity index (χ3n) is 2.73. The van der Waals surface area contributed by atoms with E-state index in [-0.39, 0.29) is 0 Å². The topological polar surface area (TPSA) is 41.3 Å². The van der Waals surface area contributed by atoms with Crippen LogP contribution >= 0.6 is 11.8 Å². The van der Waals surface area contributed by atoms with Gasteiger partial charge in [-0.15, -0.1) is 0 Å². The lowest BCUT2D eigenvalue weighted by molar-refractivity contribution is 0.233. The van der Waals surface area contributed by atoms with E-state index in [0.29, 0.717) is 6.04 Å². The van der Waals surface area contributed by atoms with Crippen molar-refractivity contribution in [2.24, 2.45) is 0 Å². The first kappa shape index (κ1) is 14.5. The number of hydrogen-bond donors (Lipinski definition) is 1. The Morgan fingerprint density at radius 1 is 1.59 bits per heavy atom. The first-order valence-corrected chi connectivity index (χ1v) is 7.41. The second-order valence-corrected chi connectivity index (χ2v) is 5.20. The van der Waals surface area contributed by atoms with Crippen LogP contribution in [0.25, 0.3) is 0 Å². The molecule has 5 heteroatoms. The fraction of sp³-hybridized carbons (Fsp3) is 0.750. The summed E-state index contributed by atoms with van der Waals surface area (Å²) < 4.78 is 5.32. The molecule has 0 amide bonds. The highest BCUT2D eigenvalue weighted by Crippen LogP contribution is 2.10. The van der Waals surface area contributed by atoms with Gasteiger partial charge in [0.05, 0.1) is 12.2 Å². The Hall–Kier alpha value is -0.520. The van der Waals surface area contributed by atoms with Gasteiger partial charge in [-0.25, -0.2) is 0 Å². The van der Waals surface area contributed by atoms with Gasteiger partial charge in [0.15, 0.2) is 5.76 Å². The zero-order valence-electron chi connectivity index (χ0n) is 11.2. The Morgan fingerprint density at radius 3 is 3.00 bits per heavy atom. The van der Waals surface area contributed by atoms with Gasteiger partial charge in [0, 0.05) is 24.4 Å². The number of hydrogen-bond acceptors (Lipinski definition) is 5. The zero-order chi connectivity index (χ0) is 12.7. The molecule has 0 aromatic carbocycles. The standard InChI is InChI=1S/C12H23N3OS/c1-5-13-7-11-6-12(16-14-11)8-15(3)10(2)9-17-4/h6,10,13H,5,7-9H2,1-4H3. The van der Waals surface area contributed by atoms with Crippen LogP contribution in [-0.2, 0) is 13.1 Å². The molecule has 0 fully saturated rings. The zero-order valence-corrected chi connectivity index (χ0v) is 12.0. The lowest BCUT2D eigenvalue weighted by atomic mass is 10.3. The summed E-state index contributed by atoms with van der Waals surface area (Å²) in [7, 11) is 2.12. The maximum atomic E-state index is 5.32. The molecule has 1 rings (SSSR count). The summed E-state index contributed by atoms with van der Waals surface area (Å²) in [5.41, 5.74) is 0.979. The molecular weight excluding hydrogens is 234 g/mol. The van der Waals surface area contributed by atoms with Gasteiger partial charge in [0.2, 0.25) is 0 Å². The largest absolute Gasteiger partial charge is 0.360 e. The maximum Gasteiger partial charge on any atom is 0.151 e. The fourth-order valence-electron chi connectivity index (χ4n) is 1.54. The van der Waals surface area contributed by atoms with E-state index in [1.165, 1.54) is 0 Å². The average molecular weight is 257 g/mol. The Morgan fingerprint density at radius 2 is 2.35 bits per heavy atom. The molecule has 1 aromatic rings. The minimum Gasteiger partial charge on any atom is -0.360 e. The lowest BCUT2D eigenvalue weighted by Crippen LogP contribution is -2.30. The fourth-order valence-corrected chi connectivity index (χ4v) is 2.27. The van der Waals surface area contributed by atoms with Crippen molar-refractivity contribution in [1.29, 1.82) is 0 Å². The van der Waals surface area contributed by atoms with Gasteiger partial charge in [0.25, 0.3) is 0 Å². The Bertz CT molecular complexity index is 316. The maximum absolute atomic E-state index is 5.32. The summed E-state index contributed by atoms with van der Waals surface area (Å²) in [6.45, 7) is 6.86. The Kier molecular flexibility index (Phi) is 6.62. The highest BCUT2D eigenvalue weighted by molar-refractivity contribution is 7.98. The van der Waals surface area contributed by atoms with Crippen molar-refractivity contribution in [2.75, 3.05) is 25.6 Å². The molecule has 0 bridgehead atoms. The molecule has 1 aromatic heterocycles. The van der Waals surface area contributed by atoms with E-state index in [2.05, 4.69) is 42.5 Å². The Labute approximate surface area is 108 Å². The highest BCUT2D eigenvalue weighted by Gasteiger charge is 2.12. The molecule has 1 unspecified atom stereocenters. The van der Waals surface area contributed by atoms with E-state index < -0.39 is 0 Å². The van der Waals surface area contributed by atoms with Gasteiger partial charge in [-0.1, -0.05) is 12.1 Å². The molecule has 0 spiro atoms. The van der Waals surface area contributed by atoms with E-state index in [4.69, 9.17) is 4.52 Å². The summed E-state index contributed by atoms with van der Waals surface area (Å²) in [6, 6.07) is 2.58. The van der Waals surface area contributed by atoms with Crippen LogP contribution in [0.2, 0.25) is 0 Å².